The van der Waals surface area contributed by atoms with Crippen LogP contribution in [0.3, 0.4) is 0 Å². The molecule has 0 spiro atoms. The molecule has 1 heterocycles. The molecule has 110 valence electrons. The van der Waals surface area contributed by atoms with Crippen LogP contribution in [0.15, 0.2) is 18.2 Å². The van der Waals surface area contributed by atoms with Gasteiger partial charge in [-0.05, 0) is 39.1 Å². The molecule has 0 radical (unpaired) electrons. The van der Waals surface area contributed by atoms with E-state index in [1.54, 1.807) is 12.1 Å². The van der Waals surface area contributed by atoms with Crippen LogP contribution in [-0.2, 0) is 0 Å². The first kappa shape index (κ1) is 14.7. The second-order valence-electron chi connectivity index (χ2n) is 5.10. The molecule has 20 heavy (non-hydrogen) atoms. The van der Waals surface area contributed by atoms with Crippen LogP contribution in [0.4, 0.5) is 5.69 Å². The molecular formula is C15H23N3O2. The van der Waals surface area contributed by atoms with Gasteiger partial charge in [-0.25, -0.2) is 0 Å². The Morgan fingerprint density at radius 1 is 1.30 bits per heavy atom. The summed E-state index contributed by atoms with van der Waals surface area (Å²) in [6.45, 7) is 5.83. The van der Waals surface area contributed by atoms with E-state index in [0.29, 0.717) is 23.6 Å². The van der Waals surface area contributed by atoms with Crippen LogP contribution in [0, 0.1) is 0 Å². The normalized spacial score (nSPS) is 16.8. The summed E-state index contributed by atoms with van der Waals surface area (Å²) in [7, 11) is 2.08. The molecule has 0 aromatic heterocycles. The minimum absolute atomic E-state index is 0.0261. The van der Waals surface area contributed by atoms with Crippen LogP contribution < -0.4 is 10.5 Å². The Hall–Kier alpha value is -1.75. The van der Waals surface area contributed by atoms with Gasteiger partial charge in [0.15, 0.2) is 0 Å². The zero-order valence-corrected chi connectivity index (χ0v) is 12.3. The number of carbonyl (C=O) groups excluding carboxylic acids is 1. The van der Waals surface area contributed by atoms with Crippen molar-refractivity contribution in [2.45, 2.75) is 13.3 Å². The molecule has 0 atom stereocenters. The highest BCUT2D eigenvalue weighted by Crippen LogP contribution is 2.26. The summed E-state index contributed by atoms with van der Waals surface area (Å²) in [5.41, 5.74) is 6.97. The average Bonchev–Trinajstić information content (AvgIpc) is 2.63. The summed E-state index contributed by atoms with van der Waals surface area (Å²) in [5, 5.41) is 0. The highest BCUT2D eigenvalue weighted by atomic mass is 16.5. The van der Waals surface area contributed by atoms with Crippen LogP contribution >= 0.6 is 0 Å². The van der Waals surface area contributed by atoms with Gasteiger partial charge in [-0.1, -0.05) is 6.07 Å². The fourth-order valence-corrected chi connectivity index (χ4v) is 2.46. The summed E-state index contributed by atoms with van der Waals surface area (Å²) < 4.78 is 5.54. The molecule has 0 saturated carbocycles. The lowest BCUT2D eigenvalue weighted by molar-refractivity contribution is 0.0760. The Kier molecular flexibility index (Phi) is 4.84. The summed E-state index contributed by atoms with van der Waals surface area (Å²) in [6.07, 6.45) is 0.985. The van der Waals surface area contributed by atoms with Crippen molar-refractivity contribution in [2.75, 3.05) is 45.6 Å². The van der Waals surface area contributed by atoms with Gasteiger partial charge in [-0.2, -0.15) is 0 Å². The zero-order chi connectivity index (χ0) is 14.5. The molecule has 2 rings (SSSR count). The first-order chi connectivity index (χ1) is 9.63. The standard InChI is InChI=1S/C15H23N3O2/c1-3-20-13-7-4-6-12(16)14(13)15(19)18-9-5-8-17(2)10-11-18/h4,6-7H,3,5,8-11,16H2,1-2H3. The number of benzene rings is 1. The molecule has 5 heteroatoms. The Balaban J connectivity index is 2.23. The van der Waals surface area contributed by atoms with Crippen molar-refractivity contribution in [3.8, 4) is 5.75 Å². The lowest BCUT2D eigenvalue weighted by atomic mass is 10.1. The Morgan fingerprint density at radius 3 is 2.85 bits per heavy atom. The predicted molar refractivity (Wildman–Crippen MR) is 80.0 cm³/mol. The molecule has 1 saturated heterocycles. The van der Waals surface area contributed by atoms with Gasteiger partial charge in [0.25, 0.3) is 5.91 Å². The Labute approximate surface area is 120 Å². The van der Waals surface area contributed by atoms with Gasteiger partial charge in [0.05, 0.1) is 6.61 Å². The number of likely N-dealkylation sites (N-methyl/N-ethyl adjacent to an activating group) is 1. The largest absolute Gasteiger partial charge is 0.493 e. The number of ether oxygens (including phenoxy) is 1. The number of nitrogens with zero attached hydrogens (tertiary/aromatic N) is 2. The molecule has 1 fully saturated rings. The molecule has 0 unspecified atom stereocenters. The summed E-state index contributed by atoms with van der Waals surface area (Å²) >= 11 is 0. The van der Waals surface area contributed by atoms with E-state index < -0.39 is 0 Å². The van der Waals surface area contributed by atoms with Crippen molar-refractivity contribution < 1.29 is 9.53 Å². The maximum absolute atomic E-state index is 12.7. The van der Waals surface area contributed by atoms with Crippen molar-refractivity contribution in [1.82, 2.24) is 9.80 Å². The molecule has 1 amide bonds. The number of rotatable bonds is 3. The lowest BCUT2D eigenvalue weighted by Gasteiger charge is -2.22. The van der Waals surface area contributed by atoms with E-state index in [1.807, 2.05) is 17.9 Å². The van der Waals surface area contributed by atoms with E-state index in [9.17, 15) is 4.79 Å². The van der Waals surface area contributed by atoms with Gasteiger partial charge >= 0.3 is 0 Å². The Morgan fingerprint density at radius 2 is 2.10 bits per heavy atom. The number of hydrogen-bond donors (Lipinski definition) is 1. The van der Waals surface area contributed by atoms with E-state index in [4.69, 9.17) is 10.5 Å². The monoisotopic (exact) mass is 277 g/mol. The second-order valence-corrected chi connectivity index (χ2v) is 5.10. The van der Waals surface area contributed by atoms with Crippen LogP contribution in [0.1, 0.15) is 23.7 Å². The van der Waals surface area contributed by atoms with Gasteiger partial charge in [0, 0.05) is 25.3 Å². The third-order valence-electron chi connectivity index (χ3n) is 3.58. The van der Waals surface area contributed by atoms with E-state index in [0.717, 1.165) is 32.6 Å². The number of nitrogen functional groups attached to an aromatic ring is 1. The van der Waals surface area contributed by atoms with E-state index in [-0.39, 0.29) is 5.91 Å². The van der Waals surface area contributed by atoms with Gasteiger partial charge in [0.1, 0.15) is 11.3 Å². The summed E-state index contributed by atoms with van der Waals surface area (Å²) in [6, 6.07) is 5.37. The molecule has 0 aliphatic carbocycles. The van der Waals surface area contributed by atoms with E-state index >= 15 is 0 Å². The highest BCUT2D eigenvalue weighted by molar-refractivity contribution is 6.01. The lowest BCUT2D eigenvalue weighted by Crippen LogP contribution is -2.35. The minimum Gasteiger partial charge on any atom is -0.493 e. The number of carbonyl (C=O) groups is 1. The molecule has 1 aromatic rings. The van der Waals surface area contributed by atoms with E-state index in [1.165, 1.54) is 0 Å². The molecule has 0 bridgehead atoms. The van der Waals surface area contributed by atoms with Crippen LogP contribution in [0.2, 0.25) is 0 Å². The smallest absolute Gasteiger partial charge is 0.259 e. The van der Waals surface area contributed by atoms with Crippen molar-refractivity contribution >= 4 is 11.6 Å². The maximum atomic E-state index is 12.7. The van der Waals surface area contributed by atoms with Gasteiger partial charge in [0.2, 0.25) is 0 Å². The van der Waals surface area contributed by atoms with Crippen molar-refractivity contribution in [1.29, 1.82) is 0 Å². The number of anilines is 1. The van der Waals surface area contributed by atoms with Crippen LogP contribution in [0.5, 0.6) is 5.75 Å². The number of amides is 1. The van der Waals surface area contributed by atoms with Gasteiger partial charge in [-0.15, -0.1) is 0 Å². The Bertz CT molecular complexity index is 476. The molecule has 2 N–H and O–H groups in total. The minimum atomic E-state index is -0.0261. The summed E-state index contributed by atoms with van der Waals surface area (Å²) in [4.78, 5) is 16.8. The third kappa shape index (κ3) is 3.22. The zero-order valence-electron chi connectivity index (χ0n) is 12.3. The van der Waals surface area contributed by atoms with Crippen molar-refractivity contribution in [3.63, 3.8) is 0 Å². The van der Waals surface area contributed by atoms with Gasteiger partial charge in [-0.3, -0.25) is 4.79 Å². The summed E-state index contributed by atoms with van der Waals surface area (Å²) in [5.74, 6) is 0.553. The first-order valence-corrected chi connectivity index (χ1v) is 7.12. The number of hydrogen-bond acceptors (Lipinski definition) is 4. The van der Waals surface area contributed by atoms with Crippen molar-refractivity contribution in [3.05, 3.63) is 23.8 Å². The average molecular weight is 277 g/mol. The maximum Gasteiger partial charge on any atom is 0.259 e. The second kappa shape index (κ2) is 6.61. The van der Waals surface area contributed by atoms with Crippen LogP contribution in [-0.4, -0.2) is 55.5 Å². The fraction of sp³-hybridized carbons (Fsp3) is 0.533. The van der Waals surface area contributed by atoms with E-state index in [2.05, 4.69) is 11.9 Å². The predicted octanol–water partition coefficient (Wildman–Crippen LogP) is 1.45. The topological polar surface area (TPSA) is 58.8 Å². The quantitative estimate of drug-likeness (QED) is 0.850. The van der Waals surface area contributed by atoms with Gasteiger partial charge < -0.3 is 20.3 Å². The molecule has 1 aromatic carbocycles. The van der Waals surface area contributed by atoms with Crippen molar-refractivity contribution in [2.24, 2.45) is 0 Å². The molecule has 1 aliphatic rings. The fourth-order valence-electron chi connectivity index (χ4n) is 2.46. The third-order valence-corrected chi connectivity index (χ3v) is 3.58. The molecular weight excluding hydrogens is 254 g/mol. The first-order valence-electron chi connectivity index (χ1n) is 7.12. The van der Waals surface area contributed by atoms with Crippen LogP contribution in [0.25, 0.3) is 0 Å². The number of nitrogens with two attached hydrogens (primary N) is 1. The molecule has 5 nitrogen and oxygen atoms in total. The highest BCUT2D eigenvalue weighted by Gasteiger charge is 2.23. The molecule has 1 aliphatic heterocycles. The SMILES string of the molecule is CCOc1cccc(N)c1C(=O)N1CCCN(C)CC1.